The number of ether oxygens (including phenoxy) is 1. The summed E-state index contributed by atoms with van der Waals surface area (Å²) in [6.07, 6.45) is 6.06. The van der Waals surface area contributed by atoms with Gasteiger partial charge in [-0.1, -0.05) is 29.8 Å². The van der Waals surface area contributed by atoms with Crippen LogP contribution < -0.4 is 16.4 Å². The molecule has 1 aliphatic rings. The molecule has 1 aliphatic carbocycles. The second-order valence-electron chi connectivity index (χ2n) is 7.40. The van der Waals surface area contributed by atoms with E-state index in [0.717, 1.165) is 44.3 Å². The van der Waals surface area contributed by atoms with Gasteiger partial charge in [-0.25, -0.2) is 9.78 Å². The van der Waals surface area contributed by atoms with Gasteiger partial charge in [0.15, 0.2) is 0 Å². The van der Waals surface area contributed by atoms with Crippen molar-refractivity contribution in [3.05, 3.63) is 46.6 Å². The zero-order valence-electron chi connectivity index (χ0n) is 16.7. The average molecular weight is 418 g/mol. The summed E-state index contributed by atoms with van der Waals surface area (Å²) < 4.78 is 4.87. The predicted molar refractivity (Wildman–Crippen MR) is 115 cm³/mol. The maximum absolute atomic E-state index is 12.1. The standard InChI is InChI=1S/C21H28ClN5O2/c1-29-20(28)17-13-26-21(25-12-16-4-2-3-5-18(16)22)27-19(17)24-11-15-8-6-14(10-23)7-9-15/h2-5,13-15H,6-12,23H2,1H3,(H2,24,25,26,27). The Morgan fingerprint density at radius 1 is 1.21 bits per heavy atom. The number of nitrogens with zero attached hydrogens (tertiary/aromatic N) is 2. The van der Waals surface area contributed by atoms with Crippen molar-refractivity contribution in [2.75, 3.05) is 30.8 Å². The summed E-state index contributed by atoms with van der Waals surface area (Å²) in [7, 11) is 1.35. The van der Waals surface area contributed by atoms with Crippen LogP contribution in [0.15, 0.2) is 30.5 Å². The van der Waals surface area contributed by atoms with Crippen molar-refractivity contribution in [3.8, 4) is 0 Å². The predicted octanol–water partition coefficient (Wildman–Crippen LogP) is 3.71. The van der Waals surface area contributed by atoms with Gasteiger partial charge in [-0.15, -0.1) is 0 Å². The summed E-state index contributed by atoms with van der Waals surface area (Å²) in [4.78, 5) is 20.9. The number of carbonyl (C=O) groups is 1. The van der Waals surface area contributed by atoms with Crippen molar-refractivity contribution in [3.63, 3.8) is 0 Å². The lowest BCUT2D eigenvalue weighted by Crippen LogP contribution is -2.26. The molecule has 3 rings (SSSR count). The largest absolute Gasteiger partial charge is 0.465 e. The van der Waals surface area contributed by atoms with Gasteiger partial charge in [-0.05, 0) is 55.7 Å². The Morgan fingerprint density at radius 3 is 2.62 bits per heavy atom. The lowest BCUT2D eigenvalue weighted by atomic mass is 9.82. The minimum absolute atomic E-state index is 0.325. The second kappa shape index (κ2) is 10.4. The van der Waals surface area contributed by atoms with E-state index in [4.69, 9.17) is 22.1 Å². The molecule has 0 unspecified atom stereocenters. The molecular formula is C21H28ClN5O2. The zero-order valence-corrected chi connectivity index (χ0v) is 17.4. The van der Waals surface area contributed by atoms with E-state index in [1.165, 1.54) is 13.3 Å². The molecule has 0 amide bonds. The molecule has 1 aromatic carbocycles. The minimum atomic E-state index is -0.461. The van der Waals surface area contributed by atoms with Gasteiger partial charge in [0.2, 0.25) is 5.95 Å². The molecule has 7 nitrogen and oxygen atoms in total. The van der Waals surface area contributed by atoms with E-state index in [0.29, 0.717) is 40.7 Å². The van der Waals surface area contributed by atoms with Gasteiger partial charge in [0.1, 0.15) is 11.4 Å². The topological polar surface area (TPSA) is 102 Å². The number of hydrogen-bond donors (Lipinski definition) is 3. The molecule has 4 N–H and O–H groups in total. The number of carbonyl (C=O) groups excluding carboxylic acids is 1. The SMILES string of the molecule is COC(=O)c1cnc(NCc2ccccc2Cl)nc1NCC1CCC(CN)CC1. The molecule has 0 radical (unpaired) electrons. The number of aromatic nitrogens is 2. The maximum atomic E-state index is 12.1. The Balaban J connectivity index is 1.67. The van der Waals surface area contributed by atoms with Crippen LogP contribution in [0.5, 0.6) is 0 Å². The molecule has 0 saturated heterocycles. The van der Waals surface area contributed by atoms with Crippen molar-refractivity contribution in [1.29, 1.82) is 0 Å². The van der Waals surface area contributed by atoms with Gasteiger partial charge in [-0.2, -0.15) is 4.98 Å². The summed E-state index contributed by atoms with van der Waals surface area (Å²) in [6, 6.07) is 7.59. The summed E-state index contributed by atoms with van der Waals surface area (Å²) in [6.45, 7) is 2.00. The van der Waals surface area contributed by atoms with Gasteiger partial charge >= 0.3 is 5.97 Å². The number of nitrogens with two attached hydrogens (primary N) is 1. The van der Waals surface area contributed by atoms with Gasteiger partial charge in [-0.3, -0.25) is 0 Å². The van der Waals surface area contributed by atoms with Crippen molar-refractivity contribution >= 4 is 29.3 Å². The molecule has 0 atom stereocenters. The van der Waals surface area contributed by atoms with Gasteiger partial charge in [0, 0.05) is 24.3 Å². The van der Waals surface area contributed by atoms with Crippen LogP contribution >= 0.6 is 11.6 Å². The number of anilines is 2. The molecule has 8 heteroatoms. The van der Waals surface area contributed by atoms with Crippen LogP contribution in [0.2, 0.25) is 5.02 Å². The first-order chi connectivity index (χ1) is 14.1. The molecule has 1 saturated carbocycles. The summed E-state index contributed by atoms with van der Waals surface area (Å²) in [5.41, 5.74) is 7.05. The number of esters is 1. The average Bonchev–Trinajstić information content (AvgIpc) is 2.77. The van der Waals surface area contributed by atoms with Crippen molar-refractivity contribution in [2.24, 2.45) is 17.6 Å². The second-order valence-corrected chi connectivity index (χ2v) is 7.80. The first kappa shape index (κ1) is 21.3. The van der Waals surface area contributed by atoms with Crippen LogP contribution in [0.3, 0.4) is 0 Å². The highest BCUT2D eigenvalue weighted by Gasteiger charge is 2.21. The van der Waals surface area contributed by atoms with E-state index in [2.05, 4.69) is 20.6 Å². The van der Waals surface area contributed by atoms with Crippen LogP contribution in [0, 0.1) is 11.8 Å². The minimum Gasteiger partial charge on any atom is -0.465 e. The van der Waals surface area contributed by atoms with E-state index < -0.39 is 5.97 Å². The highest BCUT2D eigenvalue weighted by molar-refractivity contribution is 6.31. The molecule has 1 fully saturated rings. The molecule has 2 aromatic rings. The van der Waals surface area contributed by atoms with Gasteiger partial charge in [0.25, 0.3) is 0 Å². The Kier molecular flexibility index (Phi) is 7.66. The smallest absolute Gasteiger partial charge is 0.343 e. The lowest BCUT2D eigenvalue weighted by molar-refractivity contribution is 0.0601. The van der Waals surface area contributed by atoms with Crippen LogP contribution in [0.1, 0.15) is 41.6 Å². The Labute approximate surface area is 176 Å². The van der Waals surface area contributed by atoms with Crippen molar-refractivity contribution in [2.45, 2.75) is 32.2 Å². The molecule has 1 aromatic heterocycles. The molecule has 0 bridgehead atoms. The van der Waals surface area contributed by atoms with Gasteiger partial charge in [0.05, 0.1) is 7.11 Å². The first-order valence-corrected chi connectivity index (χ1v) is 10.3. The quantitative estimate of drug-likeness (QED) is 0.562. The Bertz CT molecular complexity index is 824. The van der Waals surface area contributed by atoms with E-state index in [9.17, 15) is 4.79 Å². The first-order valence-electron chi connectivity index (χ1n) is 9.97. The highest BCUT2D eigenvalue weighted by atomic mass is 35.5. The van der Waals surface area contributed by atoms with E-state index >= 15 is 0 Å². The lowest BCUT2D eigenvalue weighted by Gasteiger charge is -2.28. The monoisotopic (exact) mass is 417 g/mol. The zero-order chi connectivity index (χ0) is 20.6. The summed E-state index contributed by atoms with van der Waals surface area (Å²) in [5, 5.41) is 7.18. The summed E-state index contributed by atoms with van der Waals surface area (Å²) >= 11 is 6.20. The van der Waals surface area contributed by atoms with Gasteiger partial charge < -0.3 is 21.1 Å². The molecule has 0 aliphatic heterocycles. The van der Waals surface area contributed by atoms with Crippen molar-refractivity contribution < 1.29 is 9.53 Å². The molecule has 29 heavy (non-hydrogen) atoms. The number of nitrogens with one attached hydrogen (secondary N) is 2. The fourth-order valence-corrected chi connectivity index (χ4v) is 3.79. The highest BCUT2D eigenvalue weighted by Crippen LogP contribution is 2.28. The summed E-state index contributed by atoms with van der Waals surface area (Å²) in [5.74, 6) is 1.62. The van der Waals surface area contributed by atoms with E-state index in [-0.39, 0.29) is 0 Å². The Morgan fingerprint density at radius 2 is 1.93 bits per heavy atom. The third-order valence-electron chi connectivity index (χ3n) is 5.45. The van der Waals surface area contributed by atoms with Crippen LogP contribution in [0.25, 0.3) is 0 Å². The number of rotatable bonds is 8. The fourth-order valence-electron chi connectivity index (χ4n) is 3.59. The van der Waals surface area contributed by atoms with Crippen LogP contribution in [0.4, 0.5) is 11.8 Å². The molecular weight excluding hydrogens is 390 g/mol. The van der Waals surface area contributed by atoms with Crippen LogP contribution in [-0.2, 0) is 11.3 Å². The van der Waals surface area contributed by atoms with E-state index in [1.54, 1.807) is 0 Å². The third kappa shape index (κ3) is 5.81. The number of benzene rings is 1. The molecule has 1 heterocycles. The number of hydrogen-bond acceptors (Lipinski definition) is 7. The fraction of sp³-hybridized carbons (Fsp3) is 0.476. The Hall–Kier alpha value is -2.38. The normalized spacial score (nSPS) is 18.9. The molecule has 156 valence electrons. The number of halogens is 1. The van der Waals surface area contributed by atoms with E-state index in [1.807, 2.05) is 24.3 Å². The van der Waals surface area contributed by atoms with Crippen LogP contribution in [-0.4, -0.2) is 36.1 Å². The molecule has 0 spiro atoms. The maximum Gasteiger partial charge on any atom is 0.343 e. The van der Waals surface area contributed by atoms with Crippen molar-refractivity contribution in [1.82, 2.24) is 9.97 Å². The number of methoxy groups -OCH3 is 1. The third-order valence-corrected chi connectivity index (χ3v) is 5.82.